The first kappa shape index (κ1) is 11.0. The number of hydrogen-bond acceptors (Lipinski definition) is 4. The summed E-state index contributed by atoms with van der Waals surface area (Å²) in [6.45, 7) is 0. The number of benzene rings is 1. The van der Waals surface area contributed by atoms with Gasteiger partial charge in [-0.1, -0.05) is 12.1 Å². The maximum atomic E-state index is 10.6. The number of methoxy groups -OCH3 is 1. The standard InChI is InChI=1S/C8H10O5S/c1-13-7-4-2-6(3-5-7)8(9)14(10,11)12/h2-5,8-9H,1H3,(H,10,11,12)/t8-/m1/s1. The maximum Gasteiger partial charge on any atom is 0.296 e. The van der Waals surface area contributed by atoms with Gasteiger partial charge in [-0.3, -0.25) is 4.55 Å². The molecule has 78 valence electrons. The third kappa shape index (κ3) is 2.44. The molecule has 0 aromatic heterocycles. The van der Waals surface area contributed by atoms with Crippen molar-refractivity contribution in [3.63, 3.8) is 0 Å². The molecule has 0 radical (unpaired) electrons. The minimum atomic E-state index is -4.46. The van der Waals surface area contributed by atoms with Crippen LogP contribution in [0.5, 0.6) is 5.75 Å². The highest BCUT2D eigenvalue weighted by molar-refractivity contribution is 7.85. The van der Waals surface area contributed by atoms with Crippen molar-refractivity contribution < 1.29 is 22.8 Å². The largest absolute Gasteiger partial charge is 0.497 e. The van der Waals surface area contributed by atoms with E-state index in [0.29, 0.717) is 5.75 Å². The van der Waals surface area contributed by atoms with Crippen molar-refractivity contribution >= 4 is 10.1 Å². The van der Waals surface area contributed by atoms with Crippen LogP contribution in [0.15, 0.2) is 24.3 Å². The molecule has 1 atom stereocenters. The lowest BCUT2D eigenvalue weighted by Crippen LogP contribution is -2.10. The van der Waals surface area contributed by atoms with Crippen molar-refractivity contribution in [3.8, 4) is 5.75 Å². The molecule has 1 rings (SSSR count). The van der Waals surface area contributed by atoms with Crippen LogP contribution < -0.4 is 4.74 Å². The molecule has 0 bridgehead atoms. The molecule has 2 N–H and O–H groups in total. The summed E-state index contributed by atoms with van der Waals surface area (Å²) >= 11 is 0. The van der Waals surface area contributed by atoms with E-state index in [2.05, 4.69) is 0 Å². The van der Waals surface area contributed by atoms with Gasteiger partial charge < -0.3 is 9.84 Å². The van der Waals surface area contributed by atoms with E-state index in [1.165, 1.54) is 31.4 Å². The zero-order chi connectivity index (χ0) is 10.8. The van der Waals surface area contributed by atoms with E-state index in [4.69, 9.17) is 14.4 Å². The monoisotopic (exact) mass is 218 g/mol. The molecule has 0 spiro atoms. The Morgan fingerprint density at radius 2 is 1.79 bits per heavy atom. The predicted molar refractivity (Wildman–Crippen MR) is 49.5 cm³/mol. The molecule has 0 unspecified atom stereocenters. The Kier molecular flexibility index (Phi) is 3.10. The number of aliphatic hydroxyl groups is 1. The normalized spacial score (nSPS) is 13.6. The molecular weight excluding hydrogens is 208 g/mol. The summed E-state index contributed by atoms with van der Waals surface area (Å²) in [5.41, 5.74) is -1.82. The molecule has 1 aromatic rings. The van der Waals surface area contributed by atoms with Crippen LogP contribution in [0.1, 0.15) is 11.0 Å². The molecule has 0 amide bonds. The molecule has 0 aliphatic carbocycles. The van der Waals surface area contributed by atoms with Crippen LogP contribution in [0.3, 0.4) is 0 Å². The van der Waals surface area contributed by atoms with Gasteiger partial charge in [0.05, 0.1) is 7.11 Å². The number of aliphatic hydroxyl groups excluding tert-OH is 1. The summed E-state index contributed by atoms with van der Waals surface area (Å²) in [5, 5.41) is 9.14. The third-order valence-electron chi connectivity index (χ3n) is 1.68. The van der Waals surface area contributed by atoms with Crippen molar-refractivity contribution in [1.82, 2.24) is 0 Å². The van der Waals surface area contributed by atoms with Gasteiger partial charge in [-0.2, -0.15) is 8.42 Å². The minimum Gasteiger partial charge on any atom is -0.497 e. The number of hydrogen-bond donors (Lipinski definition) is 2. The molecule has 0 aliphatic rings. The van der Waals surface area contributed by atoms with Crippen LogP contribution in [0.25, 0.3) is 0 Å². The number of ether oxygens (including phenoxy) is 1. The molecule has 14 heavy (non-hydrogen) atoms. The molecular formula is C8H10O5S. The first-order valence-corrected chi connectivity index (χ1v) is 5.24. The van der Waals surface area contributed by atoms with Crippen molar-refractivity contribution in [2.75, 3.05) is 7.11 Å². The Bertz CT molecular complexity index is 394. The van der Waals surface area contributed by atoms with Crippen molar-refractivity contribution in [3.05, 3.63) is 29.8 Å². The van der Waals surface area contributed by atoms with Crippen LogP contribution >= 0.6 is 0 Å². The van der Waals surface area contributed by atoms with Crippen molar-refractivity contribution in [2.45, 2.75) is 5.44 Å². The van der Waals surface area contributed by atoms with Crippen LogP contribution in [0, 0.1) is 0 Å². The summed E-state index contributed by atoms with van der Waals surface area (Å²) in [4.78, 5) is 0. The van der Waals surface area contributed by atoms with Gasteiger partial charge in [-0.15, -0.1) is 0 Å². The van der Waals surface area contributed by atoms with Gasteiger partial charge >= 0.3 is 0 Å². The molecule has 0 fully saturated rings. The van der Waals surface area contributed by atoms with E-state index in [0.717, 1.165) is 0 Å². The second-order valence-corrected chi connectivity index (χ2v) is 4.12. The Labute approximate surface area is 81.7 Å². The smallest absolute Gasteiger partial charge is 0.296 e. The van der Waals surface area contributed by atoms with E-state index in [1.54, 1.807) is 0 Å². The zero-order valence-electron chi connectivity index (χ0n) is 7.41. The Balaban J connectivity index is 2.98. The fourth-order valence-electron chi connectivity index (χ4n) is 0.941. The SMILES string of the molecule is COc1ccc([C@H](O)S(=O)(=O)O)cc1. The second-order valence-electron chi connectivity index (χ2n) is 2.64. The summed E-state index contributed by atoms with van der Waals surface area (Å²) in [5.74, 6) is 0.538. The van der Waals surface area contributed by atoms with Crippen molar-refractivity contribution in [2.24, 2.45) is 0 Å². The van der Waals surface area contributed by atoms with Gasteiger partial charge in [0, 0.05) is 0 Å². The highest BCUT2D eigenvalue weighted by Crippen LogP contribution is 2.20. The lowest BCUT2D eigenvalue weighted by Gasteiger charge is -2.07. The molecule has 5 nitrogen and oxygen atoms in total. The second kappa shape index (κ2) is 3.95. The van der Waals surface area contributed by atoms with Crippen LogP contribution in [0.4, 0.5) is 0 Å². The molecule has 0 saturated carbocycles. The van der Waals surface area contributed by atoms with E-state index < -0.39 is 15.6 Å². The molecule has 0 heterocycles. The van der Waals surface area contributed by atoms with Crippen LogP contribution in [0.2, 0.25) is 0 Å². The zero-order valence-corrected chi connectivity index (χ0v) is 8.23. The van der Waals surface area contributed by atoms with Gasteiger partial charge in [0.2, 0.25) is 5.44 Å². The fraction of sp³-hybridized carbons (Fsp3) is 0.250. The Morgan fingerprint density at radius 1 is 1.29 bits per heavy atom. The molecule has 1 aromatic carbocycles. The topological polar surface area (TPSA) is 83.8 Å². The van der Waals surface area contributed by atoms with E-state index in [-0.39, 0.29) is 5.56 Å². The molecule has 0 aliphatic heterocycles. The highest BCUT2D eigenvalue weighted by Gasteiger charge is 2.21. The summed E-state index contributed by atoms with van der Waals surface area (Å²) < 4.78 is 34.5. The van der Waals surface area contributed by atoms with Gasteiger partial charge in [0.1, 0.15) is 5.75 Å². The predicted octanol–water partition coefficient (Wildman–Crippen LogP) is 0.574. The Hall–Kier alpha value is -1.11. The van der Waals surface area contributed by atoms with Crippen LogP contribution in [-0.2, 0) is 10.1 Å². The van der Waals surface area contributed by atoms with Gasteiger partial charge in [-0.25, -0.2) is 0 Å². The first-order valence-electron chi connectivity index (χ1n) is 3.73. The molecule has 6 heteroatoms. The molecule has 0 saturated heterocycles. The lowest BCUT2D eigenvalue weighted by atomic mass is 10.2. The van der Waals surface area contributed by atoms with Crippen LogP contribution in [-0.4, -0.2) is 25.2 Å². The fourth-order valence-corrected chi connectivity index (χ4v) is 1.44. The quantitative estimate of drug-likeness (QED) is 0.725. The minimum absolute atomic E-state index is 0.0910. The lowest BCUT2D eigenvalue weighted by molar-refractivity contribution is 0.238. The van der Waals surface area contributed by atoms with Crippen molar-refractivity contribution in [1.29, 1.82) is 0 Å². The Morgan fingerprint density at radius 3 is 2.14 bits per heavy atom. The summed E-state index contributed by atoms with van der Waals surface area (Å²) in [7, 11) is -2.99. The number of rotatable bonds is 3. The average molecular weight is 218 g/mol. The maximum absolute atomic E-state index is 10.6. The first-order chi connectivity index (χ1) is 6.45. The van der Waals surface area contributed by atoms with E-state index in [1.807, 2.05) is 0 Å². The average Bonchev–Trinajstić information content (AvgIpc) is 2.15. The summed E-state index contributed by atoms with van der Waals surface area (Å²) in [6.07, 6.45) is 0. The van der Waals surface area contributed by atoms with Gasteiger partial charge in [0.15, 0.2) is 0 Å². The van der Waals surface area contributed by atoms with E-state index >= 15 is 0 Å². The highest BCUT2D eigenvalue weighted by atomic mass is 32.2. The summed E-state index contributed by atoms with van der Waals surface area (Å²) in [6, 6.07) is 5.70. The van der Waals surface area contributed by atoms with Gasteiger partial charge in [0.25, 0.3) is 10.1 Å². The van der Waals surface area contributed by atoms with Gasteiger partial charge in [-0.05, 0) is 17.7 Å². The third-order valence-corrected chi connectivity index (χ3v) is 2.52. The van der Waals surface area contributed by atoms with E-state index in [9.17, 15) is 8.42 Å².